The van der Waals surface area contributed by atoms with Crippen LogP contribution in [0.3, 0.4) is 0 Å². The van der Waals surface area contributed by atoms with Crippen LogP contribution in [0.5, 0.6) is 0 Å². The molecule has 0 amide bonds. The fourth-order valence-corrected chi connectivity index (χ4v) is 1.56. The molecule has 70 valence electrons. The van der Waals surface area contributed by atoms with Crippen molar-refractivity contribution in [2.24, 2.45) is 17.6 Å². The standard InChI is InChI=1S/C9H17NO2/c1-6(5-9(11)12)4-8(10)7-2-3-7/h6-8H,2-5,10H2,1H3,(H,11,12)/t6-,8+/m1/s1. The largest absolute Gasteiger partial charge is 0.481 e. The number of carboxylic acids is 1. The summed E-state index contributed by atoms with van der Waals surface area (Å²) < 4.78 is 0. The van der Waals surface area contributed by atoms with Crippen LogP contribution in [0.15, 0.2) is 0 Å². The van der Waals surface area contributed by atoms with Gasteiger partial charge in [0.05, 0.1) is 0 Å². The topological polar surface area (TPSA) is 63.3 Å². The SMILES string of the molecule is C[C@@H](CC(=O)O)C[C@H](N)C1CC1. The molecule has 0 aromatic heterocycles. The molecule has 1 fully saturated rings. The Balaban J connectivity index is 2.15. The van der Waals surface area contributed by atoms with Gasteiger partial charge in [-0.15, -0.1) is 0 Å². The zero-order valence-electron chi connectivity index (χ0n) is 7.49. The van der Waals surface area contributed by atoms with E-state index in [1.165, 1.54) is 12.8 Å². The van der Waals surface area contributed by atoms with E-state index in [0.29, 0.717) is 5.92 Å². The minimum absolute atomic E-state index is 0.220. The Kier molecular flexibility index (Phi) is 3.09. The number of hydrogen-bond donors (Lipinski definition) is 2. The Hall–Kier alpha value is -0.570. The highest BCUT2D eigenvalue weighted by atomic mass is 16.4. The lowest BCUT2D eigenvalue weighted by Crippen LogP contribution is -2.25. The number of rotatable bonds is 5. The van der Waals surface area contributed by atoms with Gasteiger partial charge in [-0.2, -0.15) is 0 Å². The van der Waals surface area contributed by atoms with Crippen molar-refractivity contribution in [2.45, 2.75) is 38.6 Å². The summed E-state index contributed by atoms with van der Waals surface area (Å²) in [6, 6.07) is 0.236. The minimum atomic E-state index is -0.717. The van der Waals surface area contributed by atoms with Gasteiger partial charge in [-0.05, 0) is 31.1 Å². The maximum Gasteiger partial charge on any atom is 0.303 e. The van der Waals surface area contributed by atoms with E-state index in [0.717, 1.165) is 6.42 Å². The van der Waals surface area contributed by atoms with E-state index in [-0.39, 0.29) is 18.4 Å². The Morgan fingerprint density at radius 2 is 2.25 bits per heavy atom. The maximum atomic E-state index is 10.3. The molecule has 12 heavy (non-hydrogen) atoms. The molecule has 0 radical (unpaired) electrons. The van der Waals surface area contributed by atoms with Crippen molar-refractivity contribution in [1.82, 2.24) is 0 Å². The third-order valence-corrected chi connectivity index (χ3v) is 2.43. The molecule has 0 saturated heterocycles. The van der Waals surface area contributed by atoms with Gasteiger partial charge < -0.3 is 10.8 Å². The summed E-state index contributed by atoms with van der Waals surface area (Å²) in [7, 11) is 0. The fraction of sp³-hybridized carbons (Fsp3) is 0.889. The lowest BCUT2D eigenvalue weighted by Gasteiger charge is -2.14. The smallest absolute Gasteiger partial charge is 0.303 e. The van der Waals surface area contributed by atoms with Crippen LogP contribution in [0, 0.1) is 11.8 Å². The zero-order chi connectivity index (χ0) is 9.14. The zero-order valence-corrected chi connectivity index (χ0v) is 7.49. The molecular weight excluding hydrogens is 154 g/mol. The molecule has 0 unspecified atom stereocenters. The van der Waals surface area contributed by atoms with E-state index in [1.807, 2.05) is 6.92 Å². The van der Waals surface area contributed by atoms with Gasteiger partial charge in [-0.1, -0.05) is 6.92 Å². The summed E-state index contributed by atoms with van der Waals surface area (Å²) in [6.45, 7) is 1.95. The van der Waals surface area contributed by atoms with Gasteiger partial charge in [-0.25, -0.2) is 0 Å². The molecule has 0 aromatic carbocycles. The van der Waals surface area contributed by atoms with Crippen LogP contribution in [-0.4, -0.2) is 17.1 Å². The number of nitrogens with two attached hydrogens (primary N) is 1. The first-order valence-electron chi connectivity index (χ1n) is 4.57. The first-order chi connectivity index (χ1) is 5.59. The van der Waals surface area contributed by atoms with Gasteiger partial charge in [0, 0.05) is 12.5 Å². The number of aliphatic carboxylic acids is 1. The van der Waals surface area contributed by atoms with E-state index in [1.54, 1.807) is 0 Å². The highest BCUT2D eigenvalue weighted by Crippen LogP contribution is 2.34. The number of carbonyl (C=O) groups is 1. The van der Waals surface area contributed by atoms with Crippen LogP contribution in [0.25, 0.3) is 0 Å². The Bertz CT molecular complexity index is 166. The van der Waals surface area contributed by atoms with E-state index >= 15 is 0 Å². The van der Waals surface area contributed by atoms with Crippen molar-refractivity contribution in [3.8, 4) is 0 Å². The second-order valence-electron chi connectivity index (χ2n) is 3.94. The number of hydrogen-bond acceptors (Lipinski definition) is 2. The van der Waals surface area contributed by atoms with Gasteiger partial charge in [-0.3, -0.25) is 4.79 Å². The Morgan fingerprint density at radius 3 is 2.67 bits per heavy atom. The molecule has 0 aromatic rings. The molecular formula is C9H17NO2. The summed E-state index contributed by atoms with van der Waals surface area (Å²) in [5.41, 5.74) is 5.86. The second kappa shape index (κ2) is 3.90. The highest BCUT2D eigenvalue weighted by Gasteiger charge is 2.29. The van der Waals surface area contributed by atoms with E-state index in [4.69, 9.17) is 10.8 Å². The Labute approximate surface area is 72.9 Å². The first-order valence-corrected chi connectivity index (χ1v) is 4.57. The third kappa shape index (κ3) is 3.22. The lowest BCUT2D eigenvalue weighted by molar-refractivity contribution is -0.138. The fourth-order valence-electron chi connectivity index (χ4n) is 1.56. The minimum Gasteiger partial charge on any atom is -0.481 e. The van der Waals surface area contributed by atoms with Crippen LogP contribution >= 0.6 is 0 Å². The predicted octanol–water partition coefficient (Wildman–Crippen LogP) is 1.22. The van der Waals surface area contributed by atoms with E-state index in [9.17, 15) is 4.79 Å². The molecule has 1 saturated carbocycles. The first kappa shape index (κ1) is 9.52. The molecule has 3 N–H and O–H groups in total. The van der Waals surface area contributed by atoms with Crippen molar-refractivity contribution in [2.75, 3.05) is 0 Å². The van der Waals surface area contributed by atoms with Gasteiger partial charge in [0.25, 0.3) is 0 Å². The van der Waals surface area contributed by atoms with Crippen LogP contribution in [0.2, 0.25) is 0 Å². The molecule has 1 aliphatic rings. The van der Waals surface area contributed by atoms with Gasteiger partial charge >= 0.3 is 5.97 Å². The van der Waals surface area contributed by atoms with Gasteiger partial charge in [0.15, 0.2) is 0 Å². The lowest BCUT2D eigenvalue weighted by atomic mass is 9.96. The molecule has 1 aliphatic carbocycles. The summed E-state index contributed by atoms with van der Waals surface area (Å²) in [5, 5.41) is 8.51. The van der Waals surface area contributed by atoms with Crippen LogP contribution < -0.4 is 5.73 Å². The van der Waals surface area contributed by atoms with E-state index < -0.39 is 5.97 Å². The quantitative estimate of drug-likeness (QED) is 0.653. The third-order valence-electron chi connectivity index (χ3n) is 2.43. The highest BCUT2D eigenvalue weighted by molar-refractivity contribution is 5.66. The Morgan fingerprint density at radius 1 is 1.67 bits per heavy atom. The molecule has 1 rings (SSSR count). The van der Waals surface area contributed by atoms with Crippen molar-refractivity contribution in [1.29, 1.82) is 0 Å². The molecule has 3 nitrogen and oxygen atoms in total. The van der Waals surface area contributed by atoms with Gasteiger partial charge in [0.2, 0.25) is 0 Å². The van der Waals surface area contributed by atoms with Crippen molar-refractivity contribution >= 4 is 5.97 Å². The molecule has 3 heteroatoms. The van der Waals surface area contributed by atoms with Crippen LogP contribution in [0.4, 0.5) is 0 Å². The van der Waals surface area contributed by atoms with E-state index in [2.05, 4.69) is 0 Å². The molecule has 2 atom stereocenters. The monoisotopic (exact) mass is 171 g/mol. The number of carboxylic acid groups (broad SMARTS) is 1. The van der Waals surface area contributed by atoms with Crippen LogP contribution in [-0.2, 0) is 4.79 Å². The normalized spacial score (nSPS) is 21.8. The average Bonchev–Trinajstić information content (AvgIpc) is 2.63. The van der Waals surface area contributed by atoms with Gasteiger partial charge in [0.1, 0.15) is 0 Å². The maximum absolute atomic E-state index is 10.3. The van der Waals surface area contributed by atoms with Crippen molar-refractivity contribution in [3.63, 3.8) is 0 Å². The van der Waals surface area contributed by atoms with Crippen molar-refractivity contribution < 1.29 is 9.90 Å². The molecule has 0 aliphatic heterocycles. The predicted molar refractivity (Wildman–Crippen MR) is 46.7 cm³/mol. The molecule has 0 spiro atoms. The summed E-state index contributed by atoms with van der Waals surface area (Å²) >= 11 is 0. The summed E-state index contributed by atoms with van der Waals surface area (Å²) in [6.07, 6.45) is 3.58. The molecule has 0 heterocycles. The average molecular weight is 171 g/mol. The molecule has 0 bridgehead atoms. The van der Waals surface area contributed by atoms with Crippen LogP contribution in [0.1, 0.15) is 32.6 Å². The summed E-state index contributed by atoms with van der Waals surface area (Å²) in [5.74, 6) is 0.185. The summed E-state index contributed by atoms with van der Waals surface area (Å²) in [4.78, 5) is 10.3. The second-order valence-corrected chi connectivity index (χ2v) is 3.94. The van der Waals surface area contributed by atoms with Crippen molar-refractivity contribution in [3.05, 3.63) is 0 Å².